The molecule has 0 radical (unpaired) electrons. The average Bonchev–Trinajstić information content (AvgIpc) is 3.17. The molecule has 9 heteroatoms. The van der Waals surface area contributed by atoms with Gasteiger partial charge in [-0.05, 0) is 35.6 Å². The van der Waals surface area contributed by atoms with E-state index in [1.165, 1.54) is 6.92 Å². The minimum atomic E-state index is -1.78. The van der Waals surface area contributed by atoms with E-state index < -0.39 is 30.1 Å². The highest BCUT2D eigenvalue weighted by Gasteiger charge is 2.37. The van der Waals surface area contributed by atoms with Crippen LogP contribution in [0.3, 0.4) is 0 Å². The average molecular weight is 483 g/mol. The second-order valence-electron chi connectivity index (χ2n) is 9.25. The minimum Gasteiger partial charge on any atom is -0.479 e. The van der Waals surface area contributed by atoms with Crippen LogP contribution in [0.5, 0.6) is 0 Å². The number of nitrogens with one attached hydrogen (secondary N) is 2. The summed E-state index contributed by atoms with van der Waals surface area (Å²) in [6.45, 7) is 1.34. The van der Waals surface area contributed by atoms with Crippen molar-refractivity contribution in [1.29, 1.82) is 0 Å². The molecular formula is C26H30N2O7. The molecule has 1 fully saturated rings. The van der Waals surface area contributed by atoms with E-state index in [0.29, 0.717) is 13.0 Å². The maximum absolute atomic E-state index is 12.7. The summed E-state index contributed by atoms with van der Waals surface area (Å²) >= 11 is 0. The Labute approximate surface area is 203 Å². The minimum absolute atomic E-state index is 0.0583. The number of aliphatic carboxylic acids is 1. The van der Waals surface area contributed by atoms with Gasteiger partial charge in [0.1, 0.15) is 6.61 Å². The van der Waals surface area contributed by atoms with E-state index in [1.54, 1.807) is 0 Å². The van der Waals surface area contributed by atoms with Crippen molar-refractivity contribution in [2.24, 2.45) is 5.92 Å². The van der Waals surface area contributed by atoms with Crippen LogP contribution in [0.25, 0.3) is 11.1 Å². The van der Waals surface area contributed by atoms with Crippen LogP contribution in [0.2, 0.25) is 0 Å². The largest absolute Gasteiger partial charge is 0.479 e. The van der Waals surface area contributed by atoms with Crippen molar-refractivity contribution in [3.8, 4) is 11.1 Å². The first-order valence-corrected chi connectivity index (χ1v) is 11.7. The fraction of sp³-hybridized carbons (Fsp3) is 0.423. The van der Waals surface area contributed by atoms with Crippen molar-refractivity contribution >= 4 is 18.0 Å². The topological polar surface area (TPSA) is 134 Å². The zero-order valence-corrected chi connectivity index (χ0v) is 19.5. The third-order valence-electron chi connectivity index (χ3n) is 6.77. The van der Waals surface area contributed by atoms with E-state index in [2.05, 4.69) is 22.8 Å². The maximum atomic E-state index is 12.7. The highest BCUT2D eigenvalue weighted by Crippen LogP contribution is 2.44. The van der Waals surface area contributed by atoms with E-state index in [-0.39, 0.29) is 37.5 Å². The van der Waals surface area contributed by atoms with E-state index in [0.717, 1.165) is 22.3 Å². The highest BCUT2D eigenvalue weighted by atomic mass is 16.5. The van der Waals surface area contributed by atoms with E-state index in [9.17, 15) is 24.6 Å². The first-order valence-electron chi connectivity index (χ1n) is 11.7. The van der Waals surface area contributed by atoms with Gasteiger partial charge in [0.25, 0.3) is 0 Å². The van der Waals surface area contributed by atoms with Crippen LogP contribution in [0.15, 0.2) is 48.5 Å². The molecule has 3 unspecified atom stereocenters. The number of rotatable bonds is 8. The number of hydrogen-bond donors (Lipinski definition) is 4. The number of carboxylic acids is 1. The molecule has 1 aliphatic carbocycles. The number of aliphatic hydroxyl groups is 1. The van der Waals surface area contributed by atoms with Crippen molar-refractivity contribution < 1.29 is 34.1 Å². The number of hydrogen-bond acceptors (Lipinski definition) is 6. The van der Waals surface area contributed by atoms with Gasteiger partial charge in [0, 0.05) is 30.9 Å². The Hall–Kier alpha value is -3.43. The standard InChI is InChI=1S/C26H30N2O7/c1-26(15-29,24(31)32)28-23(30)12-16-13-34-11-10-22(16)27-25(33)35-14-21-19-8-4-2-6-17(19)18-7-3-5-9-20(18)21/h2-9,16,21-22,29H,10-15H2,1H3,(H,27,33)(H,28,30)(H,31,32). The van der Waals surface area contributed by atoms with Crippen LogP contribution < -0.4 is 10.6 Å². The van der Waals surface area contributed by atoms with Gasteiger partial charge >= 0.3 is 12.1 Å². The quantitative estimate of drug-likeness (QED) is 0.453. The number of fused-ring (bicyclic) bond motifs is 3. The van der Waals surface area contributed by atoms with Gasteiger partial charge in [-0.25, -0.2) is 9.59 Å². The Morgan fingerprint density at radius 3 is 2.31 bits per heavy atom. The summed E-state index contributed by atoms with van der Waals surface area (Å²) in [5.74, 6) is -2.29. The molecule has 4 N–H and O–H groups in total. The summed E-state index contributed by atoms with van der Waals surface area (Å²) in [5, 5.41) is 23.8. The normalized spacial score (nSPS) is 20.7. The van der Waals surface area contributed by atoms with Crippen molar-refractivity contribution in [1.82, 2.24) is 10.6 Å². The molecule has 0 spiro atoms. The molecule has 2 aliphatic rings. The third-order valence-corrected chi connectivity index (χ3v) is 6.77. The van der Waals surface area contributed by atoms with Crippen molar-refractivity contribution in [2.75, 3.05) is 26.4 Å². The molecule has 1 aliphatic heterocycles. The SMILES string of the molecule is CC(CO)(NC(=O)CC1COCCC1NC(=O)OCC1c2ccccc2-c2ccccc21)C(=O)O. The van der Waals surface area contributed by atoms with Crippen LogP contribution in [0.1, 0.15) is 36.8 Å². The van der Waals surface area contributed by atoms with Crippen LogP contribution in [0.4, 0.5) is 4.79 Å². The lowest BCUT2D eigenvalue weighted by Gasteiger charge is -2.32. The number of carboxylic acid groups (broad SMARTS) is 1. The Kier molecular flexibility index (Phi) is 7.37. The second kappa shape index (κ2) is 10.5. The summed E-state index contributed by atoms with van der Waals surface area (Å²) in [5.41, 5.74) is 2.75. The lowest BCUT2D eigenvalue weighted by Crippen LogP contribution is -2.56. The molecule has 9 nitrogen and oxygen atoms in total. The zero-order chi connectivity index (χ0) is 25.0. The Bertz CT molecular complexity index is 1060. The fourth-order valence-corrected chi connectivity index (χ4v) is 4.74. The second-order valence-corrected chi connectivity index (χ2v) is 9.25. The molecule has 186 valence electrons. The summed E-state index contributed by atoms with van der Waals surface area (Å²) in [6.07, 6.45) is -0.134. The number of ether oxygens (including phenoxy) is 2. The summed E-state index contributed by atoms with van der Waals surface area (Å²) in [6, 6.07) is 15.8. The maximum Gasteiger partial charge on any atom is 0.407 e. The lowest BCUT2D eigenvalue weighted by atomic mass is 9.91. The van der Waals surface area contributed by atoms with Gasteiger partial charge in [-0.2, -0.15) is 0 Å². The third kappa shape index (κ3) is 5.31. The van der Waals surface area contributed by atoms with E-state index in [1.807, 2.05) is 36.4 Å². The Morgan fingerprint density at radius 1 is 1.09 bits per heavy atom. The number of alkyl carbamates (subject to hydrolysis) is 1. The molecule has 2 aromatic rings. The van der Waals surface area contributed by atoms with E-state index >= 15 is 0 Å². The van der Waals surface area contributed by atoms with Crippen molar-refractivity contribution in [2.45, 2.75) is 37.3 Å². The number of carbonyl (C=O) groups is 3. The molecule has 3 atom stereocenters. The molecule has 1 saturated heterocycles. The van der Waals surface area contributed by atoms with Gasteiger partial charge in [0.2, 0.25) is 5.91 Å². The molecule has 0 bridgehead atoms. The number of carbonyl (C=O) groups excluding carboxylic acids is 2. The number of benzene rings is 2. The van der Waals surface area contributed by atoms with Gasteiger partial charge < -0.3 is 30.3 Å². The summed E-state index contributed by atoms with van der Waals surface area (Å²) in [7, 11) is 0. The molecule has 35 heavy (non-hydrogen) atoms. The van der Waals surface area contributed by atoms with Crippen LogP contribution >= 0.6 is 0 Å². The fourth-order valence-electron chi connectivity index (χ4n) is 4.74. The zero-order valence-electron chi connectivity index (χ0n) is 19.5. The summed E-state index contributed by atoms with van der Waals surface area (Å²) in [4.78, 5) is 36.5. The van der Waals surface area contributed by atoms with Crippen molar-refractivity contribution in [3.63, 3.8) is 0 Å². The van der Waals surface area contributed by atoms with Gasteiger partial charge in [-0.1, -0.05) is 48.5 Å². The van der Waals surface area contributed by atoms with Crippen LogP contribution in [0, 0.1) is 5.92 Å². The molecule has 0 aromatic heterocycles. The van der Waals surface area contributed by atoms with Gasteiger partial charge in [-0.15, -0.1) is 0 Å². The van der Waals surface area contributed by atoms with Crippen LogP contribution in [-0.4, -0.2) is 66.2 Å². The van der Waals surface area contributed by atoms with E-state index in [4.69, 9.17) is 9.47 Å². The summed E-state index contributed by atoms with van der Waals surface area (Å²) < 4.78 is 11.1. The first kappa shape index (κ1) is 24.7. The Morgan fingerprint density at radius 2 is 1.71 bits per heavy atom. The number of aliphatic hydroxyl groups excluding tert-OH is 1. The number of amides is 2. The highest BCUT2D eigenvalue weighted by molar-refractivity contribution is 5.87. The van der Waals surface area contributed by atoms with Gasteiger partial charge in [0.05, 0.1) is 13.2 Å². The molecular weight excluding hydrogens is 452 g/mol. The first-order chi connectivity index (χ1) is 16.8. The molecule has 0 saturated carbocycles. The molecule has 2 aromatic carbocycles. The monoisotopic (exact) mass is 482 g/mol. The van der Waals surface area contributed by atoms with Gasteiger partial charge in [-0.3, -0.25) is 4.79 Å². The van der Waals surface area contributed by atoms with Gasteiger partial charge in [0.15, 0.2) is 5.54 Å². The van der Waals surface area contributed by atoms with Crippen molar-refractivity contribution in [3.05, 3.63) is 59.7 Å². The lowest BCUT2D eigenvalue weighted by molar-refractivity contribution is -0.149. The predicted octanol–water partition coefficient (Wildman–Crippen LogP) is 2.27. The van der Waals surface area contributed by atoms with Crippen LogP contribution in [-0.2, 0) is 19.1 Å². The smallest absolute Gasteiger partial charge is 0.407 e. The predicted molar refractivity (Wildman–Crippen MR) is 127 cm³/mol. The Balaban J connectivity index is 1.36. The molecule has 2 amide bonds. The molecule has 1 heterocycles. The molecule has 4 rings (SSSR count).